The lowest BCUT2D eigenvalue weighted by atomic mass is 10.1. The highest BCUT2D eigenvalue weighted by molar-refractivity contribution is 7.92. The van der Waals surface area contributed by atoms with Crippen molar-refractivity contribution in [3.63, 3.8) is 0 Å². The number of benzene rings is 2. The van der Waals surface area contributed by atoms with Gasteiger partial charge in [0.1, 0.15) is 18.3 Å². The van der Waals surface area contributed by atoms with Crippen LogP contribution in [-0.2, 0) is 26.2 Å². The number of fused-ring (bicyclic) bond motifs is 1. The minimum Gasteiger partial charge on any atom is -0.497 e. The molecule has 202 valence electrons. The van der Waals surface area contributed by atoms with Crippen LogP contribution in [0, 0.1) is 0 Å². The molecule has 0 spiro atoms. The van der Waals surface area contributed by atoms with Crippen molar-refractivity contribution in [3.8, 4) is 17.2 Å². The van der Waals surface area contributed by atoms with E-state index in [1.165, 1.54) is 17.9 Å². The van der Waals surface area contributed by atoms with Gasteiger partial charge in [-0.25, -0.2) is 8.42 Å². The summed E-state index contributed by atoms with van der Waals surface area (Å²) in [7, 11) is -2.30. The van der Waals surface area contributed by atoms with Gasteiger partial charge >= 0.3 is 0 Å². The summed E-state index contributed by atoms with van der Waals surface area (Å²) < 4.78 is 43.3. The zero-order valence-electron chi connectivity index (χ0n) is 21.9. The van der Waals surface area contributed by atoms with Gasteiger partial charge in [0.05, 0.1) is 18.6 Å². The van der Waals surface area contributed by atoms with Crippen molar-refractivity contribution in [1.82, 2.24) is 10.2 Å². The van der Waals surface area contributed by atoms with Crippen LogP contribution in [0.25, 0.3) is 0 Å². The predicted octanol–water partition coefficient (Wildman–Crippen LogP) is 2.91. The van der Waals surface area contributed by atoms with Crippen LogP contribution >= 0.6 is 0 Å². The van der Waals surface area contributed by atoms with Crippen molar-refractivity contribution in [2.45, 2.75) is 52.7 Å². The number of methoxy groups -OCH3 is 1. The molecule has 0 aliphatic carbocycles. The molecule has 0 aromatic heterocycles. The van der Waals surface area contributed by atoms with E-state index in [9.17, 15) is 18.0 Å². The lowest BCUT2D eigenvalue weighted by Gasteiger charge is -2.33. The minimum absolute atomic E-state index is 0.0374. The molecule has 0 fully saturated rings. The highest BCUT2D eigenvalue weighted by Gasteiger charge is 2.33. The molecule has 2 aromatic carbocycles. The Hall–Kier alpha value is -3.47. The van der Waals surface area contributed by atoms with Crippen molar-refractivity contribution < 1.29 is 32.2 Å². The summed E-state index contributed by atoms with van der Waals surface area (Å²) in [5.41, 5.74) is 1.02. The van der Waals surface area contributed by atoms with Gasteiger partial charge in [-0.3, -0.25) is 13.9 Å². The maximum atomic E-state index is 13.8. The number of carbonyl (C=O) groups excluding carboxylic acids is 2. The third-order valence-corrected chi connectivity index (χ3v) is 7.67. The molecular weight excluding hydrogens is 498 g/mol. The quantitative estimate of drug-likeness (QED) is 0.446. The second-order valence-electron chi connectivity index (χ2n) is 8.91. The van der Waals surface area contributed by atoms with Crippen molar-refractivity contribution >= 4 is 27.5 Å². The summed E-state index contributed by atoms with van der Waals surface area (Å²) in [4.78, 5) is 28.3. The van der Waals surface area contributed by atoms with Gasteiger partial charge in [-0.05, 0) is 57.0 Å². The normalized spacial score (nSPS) is 13.2. The van der Waals surface area contributed by atoms with Gasteiger partial charge in [0, 0.05) is 18.7 Å². The number of sulfonamides is 1. The van der Waals surface area contributed by atoms with E-state index in [2.05, 4.69) is 5.32 Å². The molecule has 1 aliphatic heterocycles. The largest absolute Gasteiger partial charge is 0.497 e. The number of hydrogen-bond donors (Lipinski definition) is 1. The summed E-state index contributed by atoms with van der Waals surface area (Å²) in [5.74, 6) is 0.484. The smallest absolute Gasteiger partial charge is 0.244 e. The van der Waals surface area contributed by atoms with E-state index >= 15 is 0 Å². The first-order valence-electron chi connectivity index (χ1n) is 12.2. The van der Waals surface area contributed by atoms with Crippen molar-refractivity contribution in [1.29, 1.82) is 0 Å². The fraction of sp³-hybridized carbons (Fsp3) is 0.462. The summed E-state index contributed by atoms with van der Waals surface area (Å²) in [6, 6.07) is 11.0. The van der Waals surface area contributed by atoms with Crippen LogP contribution in [0.3, 0.4) is 0 Å². The van der Waals surface area contributed by atoms with Crippen LogP contribution in [0.4, 0.5) is 5.69 Å². The zero-order valence-corrected chi connectivity index (χ0v) is 22.7. The minimum atomic E-state index is -3.85. The van der Waals surface area contributed by atoms with Gasteiger partial charge in [0.2, 0.25) is 28.6 Å². The molecule has 3 rings (SSSR count). The summed E-state index contributed by atoms with van der Waals surface area (Å²) in [6.07, 6.45) is 0.346. The molecule has 10 nitrogen and oxygen atoms in total. The molecule has 11 heteroatoms. The maximum Gasteiger partial charge on any atom is 0.244 e. The average Bonchev–Trinajstić information content (AvgIpc) is 3.34. The number of hydrogen-bond acceptors (Lipinski definition) is 7. The van der Waals surface area contributed by atoms with E-state index in [0.717, 1.165) is 9.87 Å². The first-order valence-corrected chi connectivity index (χ1v) is 13.8. The molecule has 0 unspecified atom stereocenters. The molecule has 2 amide bonds. The van der Waals surface area contributed by atoms with Crippen molar-refractivity contribution in [3.05, 3.63) is 48.0 Å². The van der Waals surface area contributed by atoms with E-state index in [1.54, 1.807) is 37.4 Å². The average molecular weight is 534 g/mol. The number of nitrogens with one attached hydrogen (secondary N) is 1. The van der Waals surface area contributed by atoms with Gasteiger partial charge in [0.15, 0.2) is 11.5 Å². The first-order chi connectivity index (χ1) is 17.6. The van der Waals surface area contributed by atoms with Crippen molar-refractivity contribution in [2.75, 3.05) is 30.5 Å². The molecule has 0 radical (unpaired) electrons. The Morgan fingerprint density at radius 1 is 1.08 bits per heavy atom. The molecule has 1 aliphatic rings. The third-order valence-electron chi connectivity index (χ3n) is 5.93. The number of ether oxygens (including phenoxy) is 3. The number of carbonyl (C=O) groups is 2. The van der Waals surface area contributed by atoms with Gasteiger partial charge < -0.3 is 24.4 Å². The van der Waals surface area contributed by atoms with Crippen LogP contribution < -0.4 is 23.8 Å². The lowest BCUT2D eigenvalue weighted by molar-refractivity contribution is -0.140. The number of amides is 2. The van der Waals surface area contributed by atoms with Crippen LogP contribution in [0.1, 0.15) is 39.7 Å². The molecule has 37 heavy (non-hydrogen) atoms. The highest BCUT2D eigenvalue weighted by Crippen LogP contribution is 2.36. The van der Waals surface area contributed by atoms with E-state index in [1.807, 2.05) is 26.8 Å². The van der Waals surface area contributed by atoms with Crippen LogP contribution in [0.2, 0.25) is 0 Å². The molecule has 0 bridgehead atoms. The van der Waals surface area contributed by atoms with Gasteiger partial charge in [-0.2, -0.15) is 0 Å². The van der Waals surface area contributed by atoms with E-state index < -0.39 is 28.5 Å². The number of nitrogens with zero attached hydrogens (tertiary/aromatic N) is 2. The predicted molar refractivity (Wildman–Crippen MR) is 140 cm³/mol. The second kappa shape index (κ2) is 12.2. The Labute approximate surface area is 218 Å². The highest BCUT2D eigenvalue weighted by atomic mass is 32.2. The number of anilines is 1. The van der Waals surface area contributed by atoms with Crippen LogP contribution in [-0.4, -0.2) is 63.4 Å². The van der Waals surface area contributed by atoms with E-state index in [4.69, 9.17) is 14.2 Å². The van der Waals surface area contributed by atoms with E-state index in [-0.39, 0.29) is 36.7 Å². The molecule has 0 saturated heterocycles. The van der Waals surface area contributed by atoms with Gasteiger partial charge in [-0.1, -0.05) is 19.1 Å². The molecule has 2 aromatic rings. The SMILES string of the molecule is CC[C@H](C(=O)NC(C)C)N(Cc1cccc(OC)c1)C(=O)CN(c1ccc2c(c1)OCO2)S(=O)(=O)CC. The van der Waals surface area contributed by atoms with Crippen LogP contribution in [0.5, 0.6) is 17.2 Å². The fourth-order valence-electron chi connectivity index (χ4n) is 4.03. The standard InChI is InChI=1S/C26H35N3O7S/c1-6-22(26(31)27-18(3)4)28(15-19-9-8-10-21(13-19)34-5)25(30)16-29(37(32,33)7-2)20-11-12-23-24(14-20)36-17-35-23/h8-14,18,22H,6-7,15-17H2,1-5H3,(H,27,31)/t22-/m1/s1. The monoisotopic (exact) mass is 533 g/mol. The third kappa shape index (κ3) is 6.85. The Balaban J connectivity index is 1.98. The van der Waals surface area contributed by atoms with Crippen LogP contribution in [0.15, 0.2) is 42.5 Å². The Bertz CT molecular complexity index is 1220. The summed E-state index contributed by atoms with van der Waals surface area (Å²) in [6.45, 7) is 6.66. The second-order valence-corrected chi connectivity index (χ2v) is 11.1. The summed E-state index contributed by atoms with van der Waals surface area (Å²) >= 11 is 0. The zero-order chi connectivity index (χ0) is 27.2. The summed E-state index contributed by atoms with van der Waals surface area (Å²) in [5, 5.41) is 2.87. The fourth-order valence-corrected chi connectivity index (χ4v) is 5.08. The van der Waals surface area contributed by atoms with E-state index in [0.29, 0.717) is 23.7 Å². The Kier molecular flexibility index (Phi) is 9.25. The molecule has 1 N–H and O–H groups in total. The van der Waals surface area contributed by atoms with Gasteiger partial charge in [-0.15, -0.1) is 0 Å². The topological polar surface area (TPSA) is 114 Å². The van der Waals surface area contributed by atoms with Gasteiger partial charge in [0.25, 0.3) is 0 Å². The first kappa shape index (κ1) is 28.1. The number of rotatable bonds is 12. The molecule has 0 saturated carbocycles. The lowest BCUT2D eigenvalue weighted by Crippen LogP contribution is -2.53. The molecule has 1 atom stereocenters. The Morgan fingerprint density at radius 2 is 1.81 bits per heavy atom. The maximum absolute atomic E-state index is 13.8. The Morgan fingerprint density at radius 3 is 2.46 bits per heavy atom. The molecular formula is C26H35N3O7S. The molecule has 1 heterocycles. The van der Waals surface area contributed by atoms with Crippen molar-refractivity contribution in [2.24, 2.45) is 0 Å².